The van der Waals surface area contributed by atoms with Gasteiger partial charge in [-0.15, -0.1) is 0 Å². The van der Waals surface area contributed by atoms with Gasteiger partial charge in [0, 0.05) is 6.42 Å². The van der Waals surface area contributed by atoms with E-state index in [4.69, 9.17) is 14.2 Å². The summed E-state index contributed by atoms with van der Waals surface area (Å²) in [4.78, 5) is 24.9. The topological polar surface area (TPSA) is 73.9 Å². The number of para-hydroxylation sites is 2. The normalized spacial score (nSPS) is 10.3. The molecule has 6 nitrogen and oxygen atoms in total. The second-order valence-electron chi connectivity index (χ2n) is 7.19. The first-order valence-electron chi connectivity index (χ1n) is 10.4. The quantitative estimate of drug-likeness (QED) is 0.367. The van der Waals surface area contributed by atoms with E-state index < -0.39 is 5.97 Å². The molecule has 1 amide bonds. The van der Waals surface area contributed by atoms with Gasteiger partial charge in [-0.05, 0) is 54.8 Å². The zero-order valence-electron chi connectivity index (χ0n) is 18.3. The number of aryl methyl sites for hydroxylation is 2. The van der Waals surface area contributed by atoms with Crippen LogP contribution in [0.4, 0.5) is 5.69 Å². The third-order valence-corrected chi connectivity index (χ3v) is 4.89. The highest BCUT2D eigenvalue weighted by atomic mass is 16.6. The number of benzene rings is 3. The van der Waals surface area contributed by atoms with Crippen molar-refractivity contribution < 1.29 is 23.8 Å². The molecule has 0 bridgehead atoms. The summed E-state index contributed by atoms with van der Waals surface area (Å²) in [6, 6.07) is 22.0. The lowest BCUT2D eigenvalue weighted by Crippen LogP contribution is -2.17. The van der Waals surface area contributed by atoms with Crippen molar-refractivity contribution in [2.24, 2.45) is 0 Å². The number of amides is 1. The maximum absolute atomic E-state index is 12.5. The Balaban J connectivity index is 1.49. The van der Waals surface area contributed by atoms with Crippen molar-refractivity contribution in [2.75, 3.05) is 25.6 Å². The molecular formula is C26H27NO5. The largest absolute Gasteiger partial charge is 0.497 e. The van der Waals surface area contributed by atoms with Crippen LogP contribution in [-0.4, -0.2) is 32.2 Å². The minimum Gasteiger partial charge on any atom is -0.497 e. The molecule has 3 rings (SSSR count). The first-order chi connectivity index (χ1) is 15.6. The molecule has 0 saturated heterocycles. The van der Waals surface area contributed by atoms with Crippen molar-refractivity contribution >= 4 is 17.6 Å². The maximum Gasteiger partial charge on any atom is 0.340 e. The van der Waals surface area contributed by atoms with E-state index in [0.717, 1.165) is 22.6 Å². The third kappa shape index (κ3) is 6.60. The number of anilines is 1. The second-order valence-corrected chi connectivity index (χ2v) is 7.19. The van der Waals surface area contributed by atoms with E-state index in [1.165, 1.54) is 0 Å². The van der Waals surface area contributed by atoms with E-state index in [9.17, 15) is 9.59 Å². The molecule has 0 heterocycles. The van der Waals surface area contributed by atoms with E-state index in [1.54, 1.807) is 31.4 Å². The molecule has 1 N–H and O–H groups in total. The van der Waals surface area contributed by atoms with Crippen molar-refractivity contribution in [3.05, 3.63) is 89.5 Å². The molecule has 3 aromatic rings. The van der Waals surface area contributed by atoms with Crippen LogP contribution in [-0.2, 0) is 16.0 Å². The lowest BCUT2D eigenvalue weighted by molar-refractivity contribution is -0.116. The molecule has 0 saturated carbocycles. The Kier molecular flexibility index (Phi) is 8.26. The van der Waals surface area contributed by atoms with E-state index in [1.807, 2.05) is 55.5 Å². The Bertz CT molecular complexity index is 1050. The van der Waals surface area contributed by atoms with Crippen molar-refractivity contribution in [3.8, 4) is 11.5 Å². The third-order valence-electron chi connectivity index (χ3n) is 4.89. The number of methoxy groups -OCH3 is 1. The monoisotopic (exact) mass is 433 g/mol. The number of ether oxygens (including phenoxy) is 3. The van der Waals surface area contributed by atoms with Crippen LogP contribution in [0.3, 0.4) is 0 Å². The summed E-state index contributed by atoms with van der Waals surface area (Å²) in [5.74, 6) is 0.844. The minimum atomic E-state index is -0.510. The van der Waals surface area contributed by atoms with E-state index in [0.29, 0.717) is 24.1 Å². The summed E-state index contributed by atoms with van der Waals surface area (Å²) >= 11 is 0. The van der Waals surface area contributed by atoms with Gasteiger partial charge in [-0.1, -0.05) is 42.5 Å². The van der Waals surface area contributed by atoms with Gasteiger partial charge in [0.15, 0.2) is 0 Å². The number of hydrogen-bond donors (Lipinski definition) is 1. The van der Waals surface area contributed by atoms with E-state index in [2.05, 4.69) is 5.32 Å². The molecular weight excluding hydrogens is 406 g/mol. The Hall–Kier alpha value is -3.80. The number of hydrogen-bond acceptors (Lipinski definition) is 5. The molecule has 0 aliphatic heterocycles. The molecule has 0 fully saturated rings. The molecule has 0 unspecified atom stereocenters. The summed E-state index contributed by atoms with van der Waals surface area (Å²) in [5, 5.41) is 2.81. The second kappa shape index (κ2) is 11.6. The van der Waals surface area contributed by atoms with Crippen LogP contribution in [0.25, 0.3) is 0 Å². The van der Waals surface area contributed by atoms with Crippen molar-refractivity contribution in [3.63, 3.8) is 0 Å². The fraction of sp³-hybridized carbons (Fsp3) is 0.231. The van der Waals surface area contributed by atoms with Gasteiger partial charge in [0.25, 0.3) is 0 Å². The molecule has 6 heteroatoms. The molecule has 0 aliphatic carbocycles. The lowest BCUT2D eigenvalue weighted by atomic mass is 10.1. The summed E-state index contributed by atoms with van der Waals surface area (Å²) in [6.07, 6.45) is 0.874. The van der Waals surface area contributed by atoms with Gasteiger partial charge in [-0.3, -0.25) is 4.79 Å². The molecule has 32 heavy (non-hydrogen) atoms. The average Bonchev–Trinajstić information content (AvgIpc) is 2.82. The molecule has 166 valence electrons. The van der Waals surface area contributed by atoms with E-state index >= 15 is 0 Å². The number of carbonyl (C=O) groups is 2. The fourth-order valence-electron chi connectivity index (χ4n) is 3.12. The van der Waals surface area contributed by atoms with Crippen LogP contribution in [0.2, 0.25) is 0 Å². The first kappa shape index (κ1) is 22.9. The van der Waals surface area contributed by atoms with Crippen LogP contribution in [0.1, 0.15) is 27.9 Å². The van der Waals surface area contributed by atoms with Crippen LogP contribution in [0, 0.1) is 6.92 Å². The zero-order valence-corrected chi connectivity index (χ0v) is 18.3. The van der Waals surface area contributed by atoms with Gasteiger partial charge < -0.3 is 19.5 Å². The Morgan fingerprint density at radius 2 is 1.59 bits per heavy atom. The summed E-state index contributed by atoms with van der Waals surface area (Å²) in [6.45, 7) is 2.30. The molecule has 0 atom stereocenters. The van der Waals surface area contributed by atoms with Crippen LogP contribution >= 0.6 is 0 Å². The van der Waals surface area contributed by atoms with Gasteiger partial charge in [0.05, 0.1) is 18.4 Å². The van der Waals surface area contributed by atoms with Crippen LogP contribution in [0.15, 0.2) is 72.8 Å². The SMILES string of the molecule is COc1ccc(CCC(=O)Nc2ccccc2C(=O)OCCOc2ccccc2C)cc1. The molecule has 3 aromatic carbocycles. The summed E-state index contributed by atoms with van der Waals surface area (Å²) in [7, 11) is 1.61. The number of rotatable bonds is 10. The predicted octanol–water partition coefficient (Wildman–Crippen LogP) is 4.81. The average molecular weight is 434 g/mol. The smallest absolute Gasteiger partial charge is 0.340 e. The highest BCUT2D eigenvalue weighted by Crippen LogP contribution is 2.19. The van der Waals surface area contributed by atoms with Crippen LogP contribution in [0.5, 0.6) is 11.5 Å². The standard InChI is InChI=1S/C26H27NO5/c1-19-7-3-6-10-24(19)31-17-18-32-26(29)22-8-4-5-9-23(22)27-25(28)16-13-20-11-14-21(30-2)15-12-20/h3-12,14-15H,13,16-18H2,1-2H3,(H,27,28). The lowest BCUT2D eigenvalue weighted by Gasteiger charge is -2.12. The Morgan fingerprint density at radius 1 is 0.875 bits per heavy atom. The highest BCUT2D eigenvalue weighted by molar-refractivity contribution is 6.01. The van der Waals surface area contributed by atoms with E-state index in [-0.39, 0.29) is 19.1 Å². The predicted molar refractivity (Wildman–Crippen MR) is 123 cm³/mol. The maximum atomic E-state index is 12.5. The summed E-state index contributed by atoms with van der Waals surface area (Å²) < 4.78 is 16.1. The Morgan fingerprint density at radius 3 is 2.34 bits per heavy atom. The van der Waals surface area contributed by atoms with Gasteiger partial charge in [-0.2, -0.15) is 0 Å². The Labute approximate surface area is 188 Å². The van der Waals surface area contributed by atoms with Gasteiger partial charge in [0.1, 0.15) is 24.7 Å². The molecule has 0 aliphatic rings. The molecule has 0 radical (unpaired) electrons. The molecule has 0 spiro atoms. The van der Waals surface area contributed by atoms with Crippen LogP contribution < -0.4 is 14.8 Å². The minimum absolute atomic E-state index is 0.104. The highest BCUT2D eigenvalue weighted by Gasteiger charge is 2.14. The van der Waals surface area contributed by atoms with Gasteiger partial charge >= 0.3 is 5.97 Å². The van der Waals surface area contributed by atoms with Gasteiger partial charge in [-0.25, -0.2) is 4.79 Å². The van der Waals surface area contributed by atoms with Crippen molar-refractivity contribution in [1.29, 1.82) is 0 Å². The zero-order chi connectivity index (χ0) is 22.8. The molecule has 0 aromatic heterocycles. The van der Waals surface area contributed by atoms with Gasteiger partial charge in [0.2, 0.25) is 5.91 Å². The number of esters is 1. The number of nitrogens with one attached hydrogen (secondary N) is 1. The van der Waals surface area contributed by atoms with Crippen molar-refractivity contribution in [1.82, 2.24) is 0 Å². The fourth-order valence-corrected chi connectivity index (χ4v) is 3.12. The first-order valence-corrected chi connectivity index (χ1v) is 10.4. The number of carbonyl (C=O) groups excluding carboxylic acids is 2. The van der Waals surface area contributed by atoms with Crippen molar-refractivity contribution in [2.45, 2.75) is 19.8 Å². The summed E-state index contributed by atoms with van der Waals surface area (Å²) in [5.41, 5.74) is 2.78.